The largest absolute Gasteiger partial charge is 0.465 e. The lowest BCUT2D eigenvalue weighted by molar-refractivity contribution is 0.0597. The predicted molar refractivity (Wildman–Crippen MR) is 66.1 cm³/mol. The number of benzene rings is 1. The van der Waals surface area contributed by atoms with E-state index in [1.807, 2.05) is 0 Å². The van der Waals surface area contributed by atoms with Crippen molar-refractivity contribution in [3.8, 4) is 0 Å². The minimum Gasteiger partial charge on any atom is -0.465 e. The molecule has 0 unspecified atom stereocenters. The summed E-state index contributed by atoms with van der Waals surface area (Å²) in [7, 11) is 2.46. The van der Waals surface area contributed by atoms with Gasteiger partial charge >= 0.3 is 5.97 Å². The summed E-state index contributed by atoms with van der Waals surface area (Å²) < 4.78 is 27.8. The van der Waals surface area contributed by atoms with Gasteiger partial charge in [-0.2, -0.15) is 0 Å². The Morgan fingerprint density at radius 3 is 2.67 bits per heavy atom. The van der Waals surface area contributed by atoms with Crippen molar-refractivity contribution >= 4 is 36.6 Å². The second-order valence-corrected chi connectivity index (χ2v) is 5.94. The maximum atomic E-state index is 11.6. The number of ether oxygens (including phenoxy) is 1. The number of carbonyl (C=O) groups excluding carboxylic acids is 1. The van der Waals surface area contributed by atoms with Crippen molar-refractivity contribution in [3.05, 3.63) is 36.0 Å². The van der Waals surface area contributed by atoms with E-state index >= 15 is 0 Å². The first-order valence-electron chi connectivity index (χ1n) is 4.86. The van der Waals surface area contributed by atoms with Crippen molar-refractivity contribution in [3.63, 3.8) is 0 Å². The summed E-state index contributed by atoms with van der Waals surface area (Å²) in [6.07, 6.45) is 1.52. The van der Waals surface area contributed by atoms with Crippen molar-refractivity contribution < 1.29 is 17.9 Å². The molecule has 0 N–H and O–H groups in total. The number of pyridine rings is 1. The fourth-order valence-electron chi connectivity index (χ4n) is 1.66. The summed E-state index contributed by atoms with van der Waals surface area (Å²) in [5.41, 5.74) is 0.331. The number of esters is 1. The molecule has 18 heavy (non-hydrogen) atoms. The van der Waals surface area contributed by atoms with Crippen LogP contribution in [-0.4, -0.2) is 26.5 Å². The lowest BCUT2D eigenvalue weighted by Gasteiger charge is -2.08. The molecular weight excluding hydrogens is 278 g/mol. The third-order valence-corrected chi connectivity index (χ3v) is 3.78. The van der Waals surface area contributed by atoms with E-state index in [0.717, 1.165) is 0 Å². The van der Waals surface area contributed by atoms with Crippen molar-refractivity contribution in [1.82, 2.24) is 4.98 Å². The fourth-order valence-corrected chi connectivity index (χ4v) is 3.01. The minimum absolute atomic E-state index is 0.104. The summed E-state index contributed by atoms with van der Waals surface area (Å²) in [6, 6.07) is 5.96. The average Bonchev–Trinajstić information content (AvgIpc) is 2.35. The van der Waals surface area contributed by atoms with Crippen molar-refractivity contribution in [2.24, 2.45) is 0 Å². The van der Waals surface area contributed by atoms with E-state index in [1.165, 1.54) is 31.5 Å². The van der Waals surface area contributed by atoms with Gasteiger partial charge in [0.25, 0.3) is 9.05 Å². The smallest absolute Gasteiger partial charge is 0.339 e. The van der Waals surface area contributed by atoms with Gasteiger partial charge in [-0.25, -0.2) is 13.2 Å². The van der Waals surface area contributed by atoms with Crippen molar-refractivity contribution in [2.75, 3.05) is 7.11 Å². The number of fused-ring (bicyclic) bond motifs is 1. The Morgan fingerprint density at radius 2 is 2.06 bits per heavy atom. The quantitative estimate of drug-likeness (QED) is 0.623. The van der Waals surface area contributed by atoms with Gasteiger partial charge < -0.3 is 4.74 Å². The van der Waals surface area contributed by atoms with Crippen LogP contribution in [0.3, 0.4) is 0 Å². The molecule has 0 fully saturated rings. The summed E-state index contributed by atoms with van der Waals surface area (Å²) in [5, 5.41) is 0.287. The molecule has 0 saturated heterocycles. The van der Waals surface area contributed by atoms with Gasteiger partial charge in [-0.15, -0.1) is 0 Å². The zero-order valence-electron chi connectivity index (χ0n) is 9.25. The molecule has 1 aromatic heterocycles. The lowest BCUT2D eigenvalue weighted by atomic mass is 10.1. The van der Waals surface area contributed by atoms with E-state index < -0.39 is 15.0 Å². The Balaban J connectivity index is 2.93. The van der Waals surface area contributed by atoms with Crippen LogP contribution in [0.2, 0.25) is 0 Å². The number of carbonyl (C=O) groups is 1. The van der Waals surface area contributed by atoms with Gasteiger partial charge in [0, 0.05) is 22.3 Å². The molecule has 1 aromatic carbocycles. The summed E-state index contributed by atoms with van der Waals surface area (Å²) in [4.78, 5) is 15.3. The molecule has 0 bridgehead atoms. The Labute approximate surface area is 108 Å². The van der Waals surface area contributed by atoms with Crippen LogP contribution in [0.15, 0.2) is 35.4 Å². The topological polar surface area (TPSA) is 73.3 Å². The van der Waals surface area contributed by atoms with Gasteiger partial charge in [0.05, 0.1) is 18.2 Å². The van der Waals surface area contributed by atoms with Crippen LogP contribution >= 0.6 is 10.7 Å². The zero-order valence-corrected chi connectivity index (χ0v) is 10.8. The highest BCUT2D eigenvalue weighted by Crippen LogP contribution is 2.28. The molecule has 94 valence electrons. The fraction of sp³-hybridized carbons (Fsp3) is 0.0909. The van der Waals surface area contributed by atoms with E-state index in [1.54, 1.807) is 6.07 Å². The Hall–Kier alpha value is -1.66. The Morgan fingerprint density at radius 1 is 1.33 bits per heavy atom. The van der Waals surface area contributed by atoms with Gasteiger partial charge in [-0.3, -0.25) is 4.98 Å². The maximum absolute atomic E-state index is 11.6. The highest BCUT2D eigenvalue weighted by molar-refractivity contribution is 8.14. The number of halogens is 1. The van der Waals surface area contributed by atoms with Gasteiger partial charge in [0.15, 0.2) is 0 Å². The monoisotopic (exact) mass is 285 g/mol. The molecule has 0 atom stereocenters. The third kappa shape index (κ3) is 2.16. The van der Waals surface area contributed by atoms with E-state index in [-0.39, 0.29) is 15.8 Å². The van der Waals surface area contributed by atoms with Crippen molar-refractivity contribution in [2.45, 2.75) is 4.90 Å². The lowest BCUT2D eigenvalue weighted by Crippen LogP contribution is -2.08. The number of hydrogen-bond acceptors (Lipinski definition) is 5. The molecule has 0 aliphatic rings. The maximum Gasteiger partial charge on any atom is 0.339 e. The highest BCUT2D eigenvalue weighted by atomic mass is 35.7. The van der Waals surface area contributed by atoms with Gasteiger partial charge in [0.2, 0.25) is 0 Å². The third-order valence-electron chi connectivity index (χ3n) is 2.38. The zero-order chi connectivity index (χ0) is 13.3. The SMILES string of the molecule is COC(=O)c1ccc2ncccc2c1S(=O)(=O)Cl. The highest BCUT2D eigenvalue weighted by Gasteiger charge is 2.24. The molecule has 0 amide bonds. The van der Waals surface area contributed by atoms with Crippen LogP contribution in [0.4, 0.5) is 0 Å². The Kier molecular flexibility index (Phi) is 3.23. The molecule has 0 aliphatic heterocycles. The number of aromatic nitrogens is 1. The first-order valence-corrected chi connectivity index (χ1v) is 7.17. The van der Waals surface area contributed by atoms with E-state index in [0.29, 0.717) is 5.52 Å². The molecule has 5 nitrogen and oxygen atoms in total. The molecule has 0 spiro atoms. The summed E-state index contributed by atoms with van der Waals surface area (Å²) in [6.45, 7) is 0. The molecule has 0 radical (unpaired) electrons. The van der Waals surface area contributed by atoms with Crippen molar-refractivity contribution in [1.29, 1.82) is 0 Å². The standard InChI is InChI=1S/C11H8ClNO4S/c1-17-11(14)8-4-5-9-7(3-2-6-13-9)10(8)18(12,15)16/h2-6H,1H3. The van der Waals surface area contributed by atoms with Crippen LogP contribution in [-0.2, 0) is 13.8 Å². The van der Waals surface area contributed by atoms with Crippen LogP contribution in [0.5, 0.6) is 0 Å². The molecule has 0 aliphatic carbocycles. The van der Waals surface area contributed by atoms with Gasteiger partial charge in [0.1, 0.15) is 4.90 Å². The van der Waals surface area contributed by atoms with Crippen LogP contribution in [0, 0.1) is 0 Å². The number of hydrogen-bond donors (Lipinski definition) is 0. The van der Waals surface area contributed by atoms with E-state index in [4.69, 9.17) is 10.7 Å². The molecular formula is C11H8ClNO4S. The second kappa shape index (κ2) is 4.55. The van der Waals surface area contributed by atoms with E-state index in [9.17, 15) is 13.2 Å². The van der Waals surface area contributed by atoms with Crippen LogP contribution in [0.1, 0.15) is 10.4 Å². The molecule has 2 aromatic rings. The first kappa shape index (κ1) is 12.8. The van der Waals surface area contributed by atoms with E-state index in [2.05, 4.69) is 9.72 Å². The predicted octanol–water partition coefficient (Wildman–Crippen LogP) is 1.95. The molecule has 2 rings (SSSR count). The van der Waals surface area contributed by atoms with Crippen LogP contribution in [0.25, 0.3) is 10.9 Å². The van der Waals surface area contributed by atoms with Gasteiger partial charge in [-0.05, 0) is 24.3 Å². The van der Waals surface area contributed by atoms with Crippen LogP contribution < -0.4 is 0 Å². The summed E-state index contributed by atoms with van der Waals surface area (Å²) >= 11 is 0. The first-order chi connectivity index (χ1) is 8.45. The Bertz CT molecular complexity index is 727. The number of nitrogens with zero attached hydrogens (tertiary/aromatic N) is 1. The number of methoxy groups -OCH3 is 1. The summed E-state index contributed by atoms with van der Waals surface area (Å²) in [5.74, 6) is -0.764. The molecule has 7 heteroatoms. The molecule has 0 saturated carbocycles. The number of rotatable bonds is 2. The average molecular weight is 286 g/mol. The van der Waals surface area contributed by atoms with Gasteiger partial charge in [-0.1, -0.05) is 0 Å². The molecule has 1 heterocycles. The minimum atomic E-state index is -4.08. The second-order valence-electron chi connectivity index (χ2n) is 3.44. The normalized spacial score (nSPS) is 11.4.